The molecule has 6 heteroatoms. The second-order valence-electron chi connectivity index (χ2n) is 6.33. The van der Waals surface area contributed by atoms with E-state index in [-0.39, 0.29) is 0 Å². The molecule has 0 atom stereocenters. The van der Waals surface area contributed by atoms with E-state index in [1.165, 1.54) is 0 Å². The Kier molecular flexibility index (Phi) is 4.33. The van der Waals surface area contributed by atoms with Crippen LogP contribution in [0.4, 0.5) is 0 Å². The molecule has 20 heavy (non-hydrogen) atoms. The molecule has 0 saturated carbocycles. The van der Waals surface area contributed by atoms with E-state index in [9.17, 15) is 0 Å². The second kappa shape index (κ2) is 6.20. The molecule has 2 saturated heterocycles. The van der Waals surface area contributed by atoms with Gasteiger partial charge in [0.25, 0.3) is 0 Å². The van der Waals surface area contributed by atoms with Crippen molar-refractivity contribution in [3.8, 4) is 0 Å². The third-order valence-electron chi connectivity index (χ3n) is 4.14. The molecule has 0 radical (unpaired) electrons. The molecule has 3 rings (SSSR count). The van der Waals surface area contributed by atoms with E-state index in [4.69, 9.17) is 4.52 Å². The number of rotatable bonds is 5. The van der Waals surface area contributed by atoms with Gasteiger partial charge in [-0.05, 0) is 5.92 Å². The second-order valence-corrected chi connectivity index (χ2v) is 6.33. The van der Waals surface area contributed by atoms with Gasteiger partial charge in [0.05, 0.1) is 6.54 Å². The number of hydrogen-bond donors (Lipinski definition) is 1. The van der Waals surface area contributed by atoms with E-state index in [2.05, 4.69) is 39.1 Å². The molecule has 0 amide bonds. The molecule has 0 unspecified atom stereocenters. The number of aromatic nitrogens is 2. The summed E-state index contributed by atoms with van der Waals surface area (Å²) in [6, 6.07) is 0.764. The summed E-state index contributed by atoms with van der Waals surface area (Å²) in [6.45, 7) is 12.0. The Morgan fingerprint density at radius 1 is 1.25 bits per heavy atom. The van der Waals surface area contributed by atoms with Crippen LogP contribution in [-0.2, 0) is 13.0 Å². The maximum Gasteiger partial charge on any atom is 0.226 e. The molecule has 3 heterocycles. The van der Waals surface area contributed by atoms with Crippen molar-refractivity contribution in [2.75, 3.05) is 39.3 Å². The summed E-state index contributed by atoms with van der Waals surface area (Å²) in [5.74, 6) is 2.16. The van der Waals surface area contributed by atoms with Crippen LogP contribution in [0.5, 0.6) is 0 Å². The van der Waals surface area contributed by atoms with Crippen LogP contribution in [0, 0.1) is 5.92 Å². The molecule has 1 N–H and O–H groups in total. The van der Waals surface area contributed by atoms with Crippen molar-refractivity contribution in [2.45, 2.75) is 32.9 Å². The van der Waals surface area contributed by atoms with Gasteiger partial charge in [0.15, 0.2) is 5.82 Å². The molecule has 0 bridgehead atoms. The summed E-state index contributed by atoms with van der Waals surface area (Å²) in [4.78, 5) is 9.50. The lowest BCUT2D eigenvalue weighted by molar-refractivity contribution is 0.0681. The van der Waals surface area contributed by atoms with Gasteiger partial charge in [0.1, 0.15) is 0 Å². The van der Waals surface area contributed by atoms with Gasteiger partial charge in [0, 0.05) is 51.7 Å². The third kappa shape index (κ3) is 3.37. The number of hydrogen-bond acceptors (Lipinski definition) is 6. The summed E-state index contributed by atoms with van der Waals surface area (Å²) in [6.07, 6.45) is 0.870. The van der Waals surface area contributed by atoms with Crippen molar-refractivity contribution < 1.29 is 4.52 Å². The Bertz CT molecular complexity index is 421. The Labute approximate surface area is 120 Å². The summed E-state index contributed by atoms with van der Waals surface area (Å²) in [7, 11) is 0. The predicted octanol–water partition coefficient (Wildman–Crippen LogP) is 0.358. The predicted molar refractivity (Wildman–Crippen MR) is 76.3 cm³/mol. The minimum absolute atomic E-state index is 0.558. The molecule has 1 aromatic rings. The number of nitrogens with zero attached hydrogens (tertiary/aromatic N) is 4. The van der Waals surface area contributed by atoms with Gasteiger partial charge in [-0.15, -0.1) is 0 Å². The van der Waals surface area contributed by atoms with Gasteiger partial charge in [-0.2, -0.15) is 4.98 Å². The minimum Gasteiger partial charge on any atom is -0.339 e. The Hall–Kier alpha value is -0.980. The molecule has 0 aromatic carbocycles. The average molecular weight is 279 g/mol. The molecule has 112 valence electrons. The first-order chi connectivity index (χ1) is 9.70. The van der Waals surface area contributed by atoms with E-state index >= 15 is 0 Å². The van der Waals surface area contributed by atoms with Crippen molar-refractivity contribution in [1.82, 2.24) is 25.3 Å². The third-order valence-corrected chi connectivity index (χ3v) is 4.14. The van der Waals surface area contributed by atoms with E-state index in [1.54, 1.807) is 0 Å². The molecule has 0 aliphatic carbocycles. The van der Waals surface area contributed by atoms with Crippen molar-refractivity contribution in [3.63, 3.8) is 0 Å². The highest BCUT2D eigenvalue weighted by Crippen LogP contribution is 2.12. The fourth-order valence-corrected chi connectivity index (χ4v) is 2.80. The zero-order chi connectivity index (χ0) is 13.9. The molecule has 0 spiro atoms. The van der Waals surface area contributed by atoms with Crippen LogP contribution >= 0.6 is 0 Å². The lowest BCUT2D eigenvalue weighted by Gasteiger charge is -2.43. The van der Waals surface area contributed by atoms with Crippen molar-refractivity contribution >= 4 is 0 Å². The lowest BCUT2D eigenvalue weighted by Crippen LogP contribution is -2.61. The Morgan fingerprint density at radius 3 is 2.60 bits per heavy atom. The molecule has 2 aliphatic rings. The van der Waals surface area contributed by atoms with Gasteiger partial charge in [0.2, 0.25) is 5.89 Å². The van der Waals surface area contributed by atoms with E-state index in [0.29, 0.717) is 5.92 Å². The lowest BCUT2D eigenvalue weighted by atomic mass is 10.1. The number of piperazine rings is 1. The maximum atomic E-state index is 5.30. The summed E-state index contributed by atoms with van der Waals surface area (Å²) in [5.41, 5.74) is 0. The summed E-state index contributed by atoms with van der Waals surface area (Å²) in [5, 5.41) is 7.43. The zero-order valence-corrected chi connectivity index (χ0v) is 12.5. The van der Waals surface area contributed by atoms with Gasteiger partial charge < -0.3 is 9.84 Å². The van der Waals surface area contributed by atoms with Crippen molar-refractivity contribution in [2.24, 2.45) is 5.92 Å². The highest BCUT2D eigenvalue weighted by atomic mass is 16.5. The standard InChI is InChI=1S/C14H25N5O/c1-11(2)7-14-16-13(17-20-14)10-18-3-5-19(6-4-18)12-8-15-9-12/h11-12,15H,3-10H2,1-2H3. The SMILES string of the molecule is CC(C)Cc1nc(CN2CCN(C3CNC3)CC2)no1. The van der Waals surface area contributed by atoms with Crippen LogP contribution in [0.2, 0.25) is 0 Å². The number of nitrogens with one attached hydrogen (secondary N) is 1. The molecular weight excluding hydrogens is 254 g/mol. The Balaban J connectivity index is 1.45. The highest BCUT2D eigenvalue weighted by Gasteiger charge is 2.28. The van der Waals surface area contributed by atoms with Crippen LogP contribution in [0.25, 0.3) is 0 Å². The van der Waals surface area contributed by atoms with Crippen molar-refractivity contribution in [3.05, 3.63) is 11.7 Å². The van der Waals surface area contributed by atoms with Crippen LogP contribution < -0.4 is 5.32 Å². The van der Waals surface area contributed by atoms with Crippen LogP contribution in [0.1, 0.15) is 25.6 Å². The molecular formula is C14H25N5O. The van der Waals surface area contributed by atoms with Crippen molar-refractivity contribution in [1.29, 1.82) is 0 Å². The molecule has 6 nitrogen and oxygen atoms in total. The first-order valence-electron chi connectivity index (χ1n) is 7.69. The largest absolute Gasteiger partial charge is 0.339 e. The summed E-state index contributed by atoms with van der Waals surface area (Å²) < 4.78 is 5.30. The van der Waals surface area contributed by atoms with Crippen LogP contribution in [0.3, 0.4) is 0 Å². The summed E-state index contributed by atoms with van der Waals surface area (Å²) >= 11 is 0. The molecule has 2 aliphatic heterocycles. The quantitative estimate of drug-likeness (QED) is 0.840. The first kappa shape index (κ1) is 14.0. The van der Waals surface area contributed by atoms with Gasteiger partial charge in [-0.3, -0.25) is 9.80 Å². The fourth-order valence-electron chi connectivity index (χ4n) is 2.80. The molecule has 1 aromatic heterocycles. The van der Waals surface area contributed by atoms with Gasteiger partial charge in [-0.1, -0.05) is 19.0 Å². The fraction of sp³-hybridized carbons (Fsp3) is 0.857. The normalized spacial score (nSPS) is 22.4. The smallest absolute Gasteiger partial charge is 0.226 e. The maximum absolute atomic E-state index is 5.30. The van der Waals surface area contributed by atoms with Gasteiger partial charge >= 0.3 is 0 Å². The average Bonchev–Trinajstić information content (AvgIpc) is 2.76. The highest BCUT2D eigenvalue weighted by molar-refractivity contribution is 4.91. The van der Waals surface area contributed by atoms with E-state index < -0.39 is 0 Å². The van der Waals surface area contributed by atoms with E-state index in [0.717, 1.165) is 70.0 Å². The zero-order valence-electron chi connectivity index (χ0n) is 12.5. The first-order valence-corrected chi connectivity index (χ1v) is 7.69. The Morgan fingerprint density at radius 2 is 2.00 bits per heavy atom. The van der Waals surface area contributed by atoms with Gasteiger partial charge in [-0.25, -0.2) is 0 Å². The minimum atomic E-state index is 0.558. The van der Waals surface area contributed by atoms with Crippen LogP contribution in [-0.4, -0.2) is 65.3 Å². The monoisotopic (exact) mass is 279 g/mol. The van der Waals surface area contributed by atoms with E-state index in [1.807, 2.05) is 0 Å². The topological polar surface area (TPSA) is 57.4 Å². The molecule has 2 fully saturated rings. The van der Waals surface area contributed by atoms with Crippen LogP contribution in [0.15, 0.2) is 4.52 Å².